The molecule has 5 nitrogen and oxygen atoms in total. The molecule has 1 rings (SSSR count). The predicted octanol–water partition coefficient (Wildman–Crippen LogP) is 0.168. The van der Waals surface area contributed by atoms with Crippen molar-refractivity contribution in [3.8, 4) is 0 Å². The highest BCUT2D eigenvalue weighted by molar-refractivity contribution is 5.96. The van der Waals surface area contributed by atoms with Crippen molar-refractivity contribution in [3.05, 3.63) is 29.8 Å². The molecule has 2 amide bonds. The van der Waals surface area contributed by atoms with Crippen LogP contribution in [0.2, 0.25) is 0 Å². The number of rotatable bonds is 4. The minimum Gasteiger partial charge on any atom is -0.368 e. The molecule has 0 saturated heterocycles. The molecule has 0 atom stereocenters. The summed E-state index contributed by atoms with van der Waals surface area (Å²) in [6.07, 6.45) is 2.26. The summed E-state index contributed by atoms with van der Waals surface area (Å²) >= 11 is 0. The van der Waals surface area contributed by atoms with Crippen molar-refractivity contribution < 1.29 is 14.0 Å². The summed E-state index contributed by atoms with van der Waals surface area (Å²) in [6.45, 7) is 1.74. The van der Waals surface area contributed by atoms with Crippen LogP contribution in [0.5, 0.6) is 0 Å². The molecule has 1 aromatic heterocycles. The molecule has 6 heteroatoms. The molecule has 0 bridgehead atoms. The second-order valence-corrected chi connectivity index (χ2v) is 3.14. The highest BCUT2D eigenvalue weighted by Gasteiger charge is 2.19. The molecule has 0 saturated carbocycles. The van der Waals surface area contributed by atoms with Crippen LogP contribution in [0.1, 0.15) is 17.3 Å². The van der Waals surface area contributed by atoms with Crippen LogP contribution in [0, 0.1) is 5.82 Å². The van der Waals surface area contributed by atoms with Gasteiger partial charge in [-0.05, 0) is 13.0 Å². The van der Waals surface area contributed by atoms with E-state index in [9.17, 15) is 14.0 Å². The SMILES string of the molecule is CCN(CC(N)=O)C(=O)c1ccncc1F. The Bertz CT molecular complexity index is 409. The largest absolute Gasteiger partial charge is 0.368 e. The van der Waals surface area contributed by atoms with Crippen LogP contribution < -0.4 is 5.73 Å². The Morgan fingerprint density at radius 2 is 2.25 bits per heavy atom. The van der Waals surface area contributed by atoms with Crippen molar-refractivity contribution in [1.82, 2.24) is 9.88 Å². The fourth-order valence-corrected chi connectivity index (χ4v) is 1.23. The van der Waals surface area contributed by atoms with Crippen molar-refractivity contribution >= 4 is 11.8 Å². The van der Waals surface area contributed by atoms with E-state index in [1.54, 1.807) is 6.92 Å². The summed E-state index contributed by atoms with van der Waals surface area (Å²) in [5.41, 5.74) is 4.87. The number of halogens is 1. The number of aromatic nitrogens is 1. The third-order valence-electron chi connectivity index (χ3n) is 2.02. The second-order valence-electron chi connectivity index (χ2n) is 3.14. The molecule has 1 heterocycles. The van der Waals surface area contributed by atoms with E-state index >= 15 is 0 Å². The normalized spacial score (nSPS) is 9.88. The number of likely N-dealkylation sites (N-methyl/N-ethyl adjacent to an activating group) is 1. The zero-order valence-corrected chi connectivity index (χ0v) is 8.81. The third kappa shape index (κ3) is 2.75. The van der Waals surface area contributed by atoms with Crippen LogP contribution in [0.15, 0.2) is 18.5 Å². The van der Waals surface area contributed by atoms with Gasteiger partial charge in [0.25, 0.3) is 5.91 Å². The van der Waals surface area contributed by atoms with Crippen LogP contribution in [-0.4, -0.2) is 34.8 Å². The Hall–Kier alpha value is -1.98. The fourth-order valence-electron chi connectivity index (χ4n) is 1.23. The van der Waals surface area contributed by atoms with Gasteiger partial charge < -0.3 is 10.6 Å². The maximum Gasteiger partial charge on any atom is 0.257 e. The highest BCUT2D eigenvalue weighted by atomic mass is 19.1. The molecule has 0 fully saturated rings. The number of amides is 2. The summed E-state index contributed by atoms with van der Waals surface area (Å²) in [5, 5.41) is 0. The molecule has 16 heavy (non-hydrogen) atoms. The number of carbonyl (C=O) groups is 2. The van der Waals surface area contributed by atoms with E-state index < -0.39 is 17.6 Å². The van der Waals surface area contributed by atoms with Crippen LogP contribution >= 0.6 is 0 Å². The lowest BCUT2D eigenvalue weighted by atomic mass is 10.2. The first-order chi connectivity index (χ1) is 7.56. The van der Waals surface area contributed by atoms with Gasteiger partial charge in [0.2, 0.25) is 5.91 Å². The number of pyridine rings is 1. The van der Waals surface area contributed by atoms with Crippen molar-refractivity contribution in [2.75, 3.05) is 13.1 Å². The van der Waals surface area contributed by atoms with Gasteiger partial charge in [-0.25, -0.2) is 4.39 Å². The number of carbonyl (C=O) groups excluding carboxylic acids is 2. The number of hydrogen-bond donors (Lipinski definition) is 1. The average Bonchev–Trinajstić information content (AvgIpc) is 2.25. The lowest BCUT2D eigenvalue weighted by Crippen LogP contribution is -2.38. The molecule has 0 aliphatic heterocycles. The molecular formula is C10H12FN3O2. The second kappa shape index (κ2) is 5.20. The highest BCUT2D eigenvalue weighted by Crippen LogP contribution is 2.08. The number of nitrogens with zero attached hydrogens (tertiary/aromatic N) is 2. The number of nitrogens with two attached hydrogens (primary N) is 1. The first-order valence-electron chi connectivity index (χ1n) is 4.73. The zero-order chi connectivity index (χ0) is 12.1. The Balaban J connectivity index is 2.91. The summed E-state index contributed by atoms with van der Waals surface area (Å²) in [7, 11) is 0. The van der Waals surface area contributed by atoms with E-state index in [1.165, 1.54) is 17.2 Å². The molecule has 1 aromatic rings. The number of hydrogen-bond acceptors (Lipinski definition) is 3. The van der Waals surface area contributed by atoms with Gasteiger partial charge in [0.15, 0.2) is 5.82 Å². The van der Waals surface area contributed by atoms with Gasteiger partial charge in [-0.1, -0.05) is 0 Å². The van der Waals surface area contributed by atoms with E-state index in [-0.39, 0.29) is 18.7 Å². The summed E-state index contributed by atoms with van der Waals surface area (Å²) in [6, 6.07) is 1.27. The van der Waals surface area contributed by atoms with E-state index in [0.29, 0.717) is 0 Å². The lowest BCUT2D eigenvalue weighted by molar-refractivity contribution is -0.118. The van der Waals surface area contributed by atoms with E-state index in [4.69, 9.17) is 5.73 Å². The van der Waals surface area contributed by atoms with Gasteiger partial charge in [-0.15, -0.1) is 0 Å². The summed E-state index contributed by atoms with van der Waals surface area (Å²) in [4.78, 5) is 27.2. The molecular weight excluding hydrogens is 213 g/mol. The lowest BCUT2D eigenvalue weighted by Gasteiger charge is -2.18. The summed E-state index contributed by atoms with van der Waals surface area (Å²) < 4.78 is 13.2. The Kier molecular flexibility index (Phi) is 3.93. The standard InChI is InChI=1S/C10H12FN3O2/c1-2-14(6-9(12)15)10(16)7-3-4-13-5-8(7)11/h3-5H,2,6H2,1H3,(H2,12,15). The smallest absolute Gasteiger partial charge is 0.257 e. The maximum absolute atomic E-state index is 13.2. The van der Waals surface area contributed by atoms with Gasteiger partial charge in [-0.3, -0.25) is 14.6 Å². The number of primary amides is 1. The van der Waals surface area contributed by atoms with E-state index in [2.05, 4.69) is 4.98 Å². The Morgan fingerprint density at radius 1 is 1.56 bits per heavy atom. The van der Waals surface area contributed by atoms with Crippen LogP contribution in [-0.2, 0) is 4.79 Å². The fraction of sp³-hybridized carbons (Fsp3) is 0.300. The van der Waals surface area contributed by atoms with E-state index in [0.717, 1.165) is 6.20 Å². The first kappa shape index (κ1) is 12.1. The Labute approximate surface area is 92.1 Å². The first-order valence-corrected chi connectivity index (χ1v) is 4.73. The molecule has 0 radical (unpaired) electrons. The van der Waals surface area contributed by atoms with Gasteiger partial charge in [0.1, 0.15) is 0 Å². The molecule has 0 unspecified atom stereocenters. The average molecular weight is 225 g/mol. The van der Waals surface area contributed by atoms with Gasteiger partial charge in [0.05, 0.1) is 18.3 Å². The quantitative estimate of drug-likeness (QED) is 0.793. The predicted molar refractivity (Wildman–Crippen MR) is 55.0 cm³/mol. The molecule has 0 aliphatic rings. The molecule has 0 aromatic carbocycles. The van der Waals surface area contributed by atoms with Crippen molar-refractivity contribution in [1.29, 1.82) is 0 Å². The van der Waals surface area contributed by atoms with Crippen LogP contribution in [0.3, 0.4) is 0 Å². The minimum atomic E-state index is -0.713. The van der Waals surface area contributed by atoms with E-state index in [1.807, 2.05) is 0 Å². The monoisotopic (exact) mass is 225 g/mol. The van der Waals surface area contributed by atoms with Gasteiger partial charge >= 0.3 is 0 Å². The van der Waals surface area contributed by atoms with Gasteiger partial charge in [-0.2, -0.15) is 0 Å². The van der Waals surface area contributed by atoms with Crippen molar-refractivity contribution in [2.24, 2.45) is 5.73 Å². The van der Waals surface area contributed by atoms with Crippen LogP contribution in [0.25, 0.3) is 0 Å². The molecule has 0 aliphatic carbocycles. The maximum atomic E-state index is 13.2. The molecule has 86 valence electrons. The van der Waals surface area contributed by atoms with Crippen molar-refractivity contribution in [2.45, 2.75) is 6.92 Å². The Morgan fingerprint density at radius 3 is 2.75 bits per heavy atom. The summed E-state index contributed by atoms with van der Waals surface area (Å²) in [5.74, 6) is -1.92. The molecule has 2 N–H and O–H groups in total. The zero-order valence-electron chi connectivity index (χ0n) is 8.81. The van der Waals surface area contributed by atoms with Crippen molar-refractivity contribution in [3.63, 3.8) is 0 Å². The third-order valence-corrected chi connectivity index (χ3v) is 2.02. The van der Waals surface area contributed by atoms with Gasteiger partial charge in [0, 0.05) is 12.7 Å². The van der Waals surface area contributed by atoms with Crippen LogP contribution in [0.4, 0.5) is 4.39 Å². The molecule has 0 spiro atoms. The topological polar surface area (TPSA) is 76.3 Å². The minimum absolute atomic E-state index is 0.113.